The minimum atomic E-state index is -2.71. The summed E-state index contributed by atoms with van der Waals surface area (Å²) in [5.74, 6) is 1.57. The van der Waals surface area contributed by atoms with Gasteiger partial charge in [-0.05, 0) is 66.9 Å². The third-order valence-corrected chi connectivity index (χ3v) is 7.35. The highest BCUT2D eigenvalue weighted by Crippen LogP contribution is 2.45. The number of methoxy groups -OCH3 is 2. The molecule has 0 heterocycles. The average molecular weight is 511 g/mol. The van der Waals surface area contributed by atoms with Gasteiger partial charge in [-0.3, -0.25) is 0 Å². The van der Waals surface area contributed by atoms with E-state index in [1.54, 1.807) is 14.2 Å². The standard InChI is InChI=1S/C29H36NO5P/c1-5-30(6-2)22-28(35-36(31)32)20-21-29(23-10-8-7-9-11-23,24-12-16-26(33-3)17-13-24)25-14-18-27(34-4)19-15-25/h7-19,28H,5-6,20-22H2,1-4H3/p+1. The summed E-state index contributed by atoms with van der Waals surface area (Å²) in [6, 6.07) is 26.7. The number of likely N-dealkylation sites (N-methyl/N-ethyl adjacent to an activating group) is 1. The SMILES string of the molecule is CCN(CC)CC(CCC(c1ccccc1)(c1ccc(OC)cc1)c1ccc(OC)cc1)O[P+](=O)O. The van der Waals surface area contributed by atoms with Gasteiger partial charge in [0, 0.05) is 16.5 Å². The van der Waals surface area contributed by atoms with Crippen LogP contribution in [0.1, 0.15) is 43.4 Å². The van der Waals surface area contributed by atoms with Crippen molar-refractivity contribution in [3.63, 3.8) is 0 Å². The number of nitrogens with zero attached hydrogens (tertiary/aromatic N) is 1. The van der Waals surface area contributed by atoms with Crippen molar-refractivity contribution in [2.45, 2.75) is 38.2 Å². The zero-order valence-electron chi connectivity index (χ0n) is 21.6. The second-order valence-electron chi connectivity index (χ2n) is 8.72. The van der Waals surface area contributed by atoms with Gasteiger partial charge in [0.2, 0.25) is 0 Å². The van der Waals surface area contributed by atoms with Crippen molar-refractivity contribution in [2.24, 2.45) is 0 Å². The molecule has 0 spiro atoms. The monoisotopic (exact) mass is 510 g/mol. The highest BCUT2D eigenvalue weighted by molar-refractivity contribution is 7.32. The minimum Gasteiger partial charge on any atom is -0.497 e. The molecule has 0 amide bonds. The zero-order chi connectivity index (χ0) is 26.0. The predicted octanol–water partition coefficient (Wildman–Crippen LogP) is 6.20. The topological polar surface area (TPSA) is 68.2 Å². The fraction of sp³-hybridized carbons (Fsp3) is 0.379. The van der Waals surface area contributed by atoms with Crippen LogP contribution >= 0.6 is 8.25 Å². The predicted molar refractivity (Wildman–Crippen MR) is 144 cm³/mol. The van der Waals surface area contributed by atoms with Gasteiger partial charge in [0.25, 0.3) is 0 Å². The van der Waals surface area contributed by atoms with Crippen LogP contribution in [-0.2, 0) is 14.5 Å². The van der Waals surface area contributed by atoms with Crippen molar-refractivity contribution in [1.82, 2.24) is 4.90 Å². The van der Waals surface area contributed by atoms with Crippen molar-refractivity contribution >= 4 is 8.25 Å². The van der Waals surface area contributed by atoms with Crippen LogP contribution in [0.4, 0.5) is 0 Å². The zero-order valence-corrected chi connectivity index (χ0v) is 22.5. The van der Waals surface area contributed by atoms with Gasteiger partial charge >= 0.3 is 8.25 Å². The van der Waals surface area contributed by atoms with E-state index in [1.807, 2.05) is 42.5 Å². The van der Waals surface area contributed by atoms with E-state index in [0.29, 0.717) is 19.4 Å². The first-order chi connectivity index (χ1) is 17.5. The van der Waals surface area contributed by atoms with Gasteiger partial charge in [-0.15, -0.1) is 9.42 Å². The average Bonchev–Trinajstić information content (AvgIpc) is 2.92. The number of ether oxygens (including phenoxy) is 2. The van der Waals surface area contributed by atoms with Gasteiger partial charge < -0.3 is 14.4 Å². The molecule has 192 valence electrons. The molecule has 2 atom stereocenters. The lowest BCUT2D eigenvalue weighted by Gasteiger charge is -2.37. The maximum atomic E-state index is 11.7. The Morgan fingerprint density at radius 3 is 1.69 bits per heavy atom. The highest BCUT2D eigenvalue weighted by Gasteiger charge is 2.38. The molecule has 0 aliphatic rings. The molecule has 2 unspecified atom stereocenters. The molecule has 0 saturated carbocycles. The summed E-state index contributed by atoms with van der Waals surface area (Å²) in [7, 11) is 0.608. The third-order valence-electron chi connectivity index (χ3n) is 6.87. The van der Waals surface area contributed by atoms with Crippen LogP contribution in [-0.4, -0.2) is 49.8 Å². The van der Waals surface area contributed by atoms with Crippen molar-refractivity contribution < 1.29 is 23.5 Å². The molecular weight excluding hydrogens is 473 g/mol. The molecule has 7 heteroatoms. The van der Waals surface area contributed by atoms with Gasteiger partial charge in [0.1, 0.15) is 17.6 Å². The maximum absolute atomic E-state index is 11.7. The second-order valence-corrected chi connectivity index (χ2v) is 9.40. The summed E-state index contributed by atoms with van der Waals surface area (Å²) in [6.07, 6.45) is 0.869. The summed E-state index contributed by atoms with van der Waals surface area (Å²) in [4.78, 5) is 11.8. The van der Waals surface area contributed by atoms with Crippen LogP contribution in [0.15, 0.2) is 78.9 Å². The Hall–Kier alpha value is -2.76. The van der Waals surface area contributed by atoms with Gasteiger partial charge in [-0.2, -0.15) is 0 Å². The van der Waals surface area contributed by atoms with E-state index in [0.717, 1.165) is 41.3 Å². The Kier molecular flexibility index (Phi) is 10.4. The molecule has 0 fully saturated rings. The quantitative estimate of drug-likeness (QED) is 0.206. The number of rotatable bonds is 14. The van der Waals surface area contributed by atoms with Crippen LogP contribution < -0.4 is 9.47 Å². The van der Waals surface area contributed by atoms with Gasteiger partial charge in [-0.1, -0.05) is 68.4 Å². The van der Waals surface area contributed by atoms with Crippen LogP contribution in [0.3, 0.4) is 0 Å². The van der Waals surface area contributed by atoms with Gasteiger partial charge in [0.05, 0.1) is 14.2 Å². The van der Waals surface area contributed by atoms with E-state index in [4.69, 9.17) is 14.0 Å². The minimum absolute atomic E-state index is 0.391. The fourth-order valence-corrected chi connectivity index (χ4v) is 5.29. The van der Waals surface area contributed by atoms with Crippen LogP contribution in [0.5, 0.6) is 11.5 Å². The normalized spacial score (nSPS) is 12.9. The first-order valence-electron chi connectivity index (χ1n) is 12.4. The summed E-state index contributed by atoms with van der Waals surface area (Å²) < 4.78 is 28.1. The van der Waals surface area contributed by atoms with E-state index in [9.17, 15) is 9.46 Å². The van der Waals surface area contributed by atoms with E-state index in [1.165, 1.54) is 0 Å². The van der Waals surface area contributed by atoms with E-state index < -0.39 is 19.8 Å². The molecule has 0 aromatic heterocycles. The Morgan fingerprint density at radius 2 is 1.28 bits per heavy atom. The lowest BCUT2D eigenvalue weighted by atomic mass is 9.66. The summed E-state index contributed by atoms with van der Waals surface area (Å²) in [6.45, 7) is 6.45. The van der Waals surface area contributed by atoms with E-state index in [-0.39, 0.29) is 0 Å². The maximum Gasteiger partial charge on any atom is 0.695 e. The first kappa shape index (κ1) is 27.8. The molecular formula is C29H37NO5P+. The Balaban J connectivity index is 2.14. The number of benzene rings is 3. The number of hydrogen-bond donors (Lipinski definition) is 1. The van der Waals surface area contributed by atoms with Crippen molar-refractivity contribution in [3.05, 3.63) is 95.6 Å². The molecule has 0 aliphatic heterocycles. The lowest BCUT2D eigenvalue weighted by Crippen LogP contribution is -2.36. The molecule has 1 N–H and O–H groups in total. The van der Waals surface area contributed by atoms with Crippen molar-refractivity contribution in [3.8, 4) is 11.5 Å². The van der Waals surface area contributed by atoms with Crippen molar-refractivity contribution in [1.29, 1.82) is 0 Å². The third kappa shape index (κ3) is 6.71. The Labute approximate surface area is 215 Å². The smallest absolute Gasteiger partial charge is 0.497 e. The molecule has 0 aliphatic carbocycles. The molecule has 3 aromatic carbocycles. The summed E-state index contributed by atoms with van der Waals surface area (Å²) in [5.41, 5.74) is 2.82. The van der Waals surface area contributed by atoms with Gasteiger partial charge in [0.15, 0.2) is 0 Å². The first-order valence-corrected chi connectivity index (χ1v) is 13.5. The molecule has 6 nitrogen and oxygen atoms in total. The molecule has 3 rings (SSSR count). The largest absolute Gasteiger partial charge is 0.695 e. The highest BCUT2D eigenvalue weighted by atomic mass is 31.1. The van der Waals surface area contributed by atoms with E-state index in [2.05, 4.69) is 55.1 Å². The molecule has 0 bridgehead atoms. The Bertz CT molecular complexity index is 1020. The number of hydrogen-bond acceptors (Lipinski definition) is 5. The molecule has 0 radical (unpaired) electrons. The van der Waals surface area contributed by atoms with Crippen LogP contribution in [0.25, 0.3) is 0 Å². The lowest BCUT2D eigenvalue weighted by molar-refractivity contribution is 0.120. The van der Waals surface area contributed by atoms with Crippen LogP contribution in [0.2, 0.25) is 0 Å². The van der Waals surface area contributed by atoms with E-state index >= 15 is 0 Å². The summed E-state index contributed by atoms with van der Waals surface area (Å²) >= 11 is 0. The van der Waals surface area contributed by atoms with Crippen LogP contribution in [0, 0.1) is 0 Å². The second kappa shape index (κ2) is 13.5. The molecule has 36 heavy (non-hydrogen) atoms. The van der Waals surface area contributed by atoms with Gasteiger partial charge in [-0.25, -0.2) is 0 Å². The summed E-state index contributed by atoms with van der Waals surface area (Å²) in [5, 5.41) is 0. The molecule has 3 aromatic rings. The molecule has 0 saturated heterocycles. The Morgan fingerprint density at radius 1 is 0.806 bits per heavy atom. The fourth-order valence-electron chi connectivity index (χ4n) is 4.86. The van der Waals surface area contributed by atoms with Crippen molar-refractivity contribution in [2.75, 3.05) is 33.9 Å².